The Morgan fingerprint density at radius 1 is 1.10 bits per heavy atom. The van der Waals surface area contributed by atoms with Crippen molar-refractivity contribution in [3.8, 4) is 0 Å². The molecule has 0 aromatic carbocycles. The molecule has 0 aliphatic carbocycles. The molecule has 2 rings (SSSR count). The first-order chi connectivity index (χ1) is 4.97. The van der Waals surface area contributed by atoms with E-state index in [4.69, 9.17) is 0 Å². The Kier molecular flexibility index (Phi) is 1.91. The number of hydrogen-bond donors (Lipinski definition) is 1. The highest BCUT2D eigenvalue weighted by molar-refractivity contribution is 4.84. The third-order valence-electron chi connectivity index (χ3n) is 2.73. The molecule has 58 valence electrons. The zero-order valence-electron chi connectivity index (χ0n) is 6.47. The van der Waals surface area contributed by atoms with Gasteiger partial charge in [-0.05, 0) is 32.4 Å². The first-order valence-corrected chi connectivity index (χ1v) is 4.41. The van der Waals surface area contributed by atoms with Gasteiger partial charge in [0, 0.05) is 19.1 Å². The lowest BCUT2D eigenvalue weighted by atomic mass is 9.97. The molecule has 0 aromatic rings. The summed E-state index contributed by atoms with van der Waals surface area (Å²) in [7, 11) is 0. The maximum absolute atomic E-state index is 3.43. The van der Waals surface area contributed by atoms with Crippen LogP contribution >= 0.6 is 0 Å². The van der Waals surface area contributed by atoms with Crippen LogP contribution in [0.4, 0.5) is 0 Å². The molecule has 1 N–H and O–H groups in total. The van der Waals surface area contributed by atoms with Crippen LogP contribution in [0.1, 0.15) is 19.3 Å². The second-order valence-electron chi connectivity index (χ2n) is 3.37. The van der Waals surface area contributed by atoms with Gasteiger partial charge in [0.25, 0.3) is 0 Å². The molecular weight excluding hydrogens is 124 g/mol. The lowest BCUT2D eigenvalue weighted by Gasteiger charge is -2.42. The molecule has 2 aliphatic rings. The van der Waals surface area contributed by atoms with Crippen LogP contribution in [0.2, 0.25) is 0 Å². The summed E-state index contributed by atoms with van der Waals surface area (Å²) in [6, 6.07) is 0.960. The maximum Gasteiger partial charge on any atom is 0.0110 e. The SMILES string of the molecule is C1CNCCN2CCC2C1. The fourth-order valence-corrected chi connectivity index (χ4v) is 1.93. The van der Waals surface area contributed by atoms with Crippen LogP contribution in [0, 0.1) is 0 Å². The predicted molar refractivity (Wildman–Crippen MR) is 42.1 cm³/mol. The normalized spacial score (nSPS) is 35.4. The Hall–Kier alpha value is -0.0800. The lowest BCUT2D eigenvalue weighted by molar-refractivity contribution is 0.0766. The van der Waals surface area contributed by atoms with Crippen molar-refractivity contribution in [1.82, 2.24) is 10.2 Å². The van der Waals surface area contributed by atoms with Gasteiger partial charge in [-0.25, -0.2) is 0 Å². The number of hydrogen-bond acceptors (Lipinski definition) is 2. The average molecular weight is 140 g/mol. The molecule has 0 bridgehead atoms. The van der Waals surface area contributed by atoms with E-state index in [1.54, 1.807) is 0 Å². The molecule has 1 unspecified atom stereocenters. The lowest BCUT2D eigenvalue weighted by Crippen LogP contribution is -2.51. The molecule has 0 amide bonds. The molecule has 0 aromatic heterocycles. The second-order valence-corrected chi connectivity index (χ2v) is 3.37. The highest BCUT2D eigenvalue weighted by Crippen LogP contribution is 2.21. The van der Waals surface area contributed by atoms with Crippen LogP contribution in [0.25, 0.3) is 0 Å². The summed E-state index contributed by atoms with van der Waals surface area (Å²) in [6.45, 7) is 5.08. The van der Waals surface area contributed by atoms with E-state index < -0.39 is 0 Å². The Morgan fingerprint density at radius 2 is 2.10 bits per heavy atom. The highest BCUT2D eigenvalue weighted by Gasteiger charge is 2.27. The van der Waals surface area contributed by atoms with Gasteiger partial charge in [-0.1, -0.05) is 0 Å². The maximum atomic E-state index is 3.43. The molecule has 0 saturated carbocycles. The van der Waals surface area contributed by atoms with Gasteiger partial charge in [0.05, 0.1) is 0 Å². The van der Waals surface area contributed by atoms with Crippen LogP contribution < -0.4 is 5.32 Å². The van der Waals surface area contributed by atoms with Crippen molar-refractivity contribution in [3.63, 3.8) is 0 Å². The van der Waals surface area contributed by atoms with Gasteiger partial charge >= 0.3 is 0 Å². The molecule has 2 aliphatic heterocycles. The zero-order chi connectivity index (χ0) is 6.81. The van der Waals surface area contributed by atoms with Crippen molar-refractivity contribution in [2.24, 2.45) is 0 Å². The standard InChI is InChI=1S/C8H16N2/c1-2-8-3-6-10(8)7-5-9-4-1/h8-9H,1-7H2. The summed E-state index contributed by atoms with van der Waals surface area (Å²) in [6.07, 6.45) is 4.26. The fourth-order valence-electron chi connectivity index (χ4n) is 1.93. The van der Waals surface area contributed by atoms with E-state index in [1.165, 1.54) is 45.4 Å². The van der Waals surface area contributed by atoms with Crippen molar-refractivity contribution >= 4 is 0 Å². The number of nitrogens with one attached hydrogen (secondary N) is 1. The smallest absolute Gasteiger partial charge is 0.0110 e. The molecule has 2 heterocycles. The van der Waals surface area contributed by atoms with Crippen molar-refractivity contribution in [2.45, 2.75) is 25.3 Å². The summed E-state index contributed by atoms with van der Waals surface area (Å²) < 4.78 is 0. The van der Waals surface area contributed by atoms with Crippen molar-refractivity contribution in [3.05, 3.63) is 0 Å². The van der Waals surface area contributed by atoms with E-state index in [2.05, 4.69) is 10.2 Å². The molecule has 0 radical (unpaired) electrons. The first-order valence-electron chi connectivity index (χ1n) is 4.41. The third kappa shape index (κ3) is 1.18. The topological polar surface area (TPSA) is 15.3 Å². The van der Waals surface area contributed by atoms with Crippen LogP contribution in [-0.4, -0.2) is 37.1 Å². The molecule has 2 heteroatoms. The van der Waals surface area contributed by atoms with Gasteiger partial charge in [-0.15, -0.1) is 0 Å². The van der Waals surface area contributed by atoms with Crippen molar-refractivity contribution in [2.75, 3.05) is 26.2 Å². The molecule has 10 heavy (non-hydrogen) atoms. The van der Waals surface area contributed by atoms with E-state index in [9.17, 15) is 0 Å². The fraction of sp³-hybridized carbons (Fsp3) is 1.00. The van der Waals surface area contributed by atoms with Crippen molar-refractivity contribution in [1.29, 1.82) is 0 Å². The molecule has 2 saturated heterocycles. The minimum atomic E-state index is 0.960. The predicted octanol–water partition coefficient (Wildman–Crippen LogP) is 0.444. The van der Waals surface area contributed by atoms with Gasteiger partial charge < -0.3 is 5.32 Å². The number of fused-ring (bicyclic) bond motifs is 1. The summed E-state index contributed by atoms with van der Waals surface area (Å²) in [5, 5.41) is 3.43. The molecular formula is C8H16N2. The Labute approximate surface area is 62.6 Å². The molecule has 2 nitrogen and oxygen atoms in total. The zero-order valence-corrected chi connectivity index (χ0v) is 6.47. The summed E-state index contributed by atoms with van der Waals surface area (Å²) >= 11 is 0. The summed E-state index contributed by atoms with van der Waals surface area (Å²) in [4.78, 5) is 2.60. The number of nitrogens with zero attached hydrogens (tertiary/aromatic N) is 1. The quantitative estimate of drug-likeness (QED) is 0.525. The largest absolute Gasteiger partial charge is 0.315 e. The van der Waals surface area contributed by atoms with Crippen LogP contribution in [0.5, 0.6) is 0 Å². The Bertz CT molecular complexity index is 99.8. The van der Waals surface area contributed by atoms with Gasteiger partial charge in [-0.2, -0.15) is 0 Å². The molecule has 2 fully saturated rings. The van der Waals surface area contributed by atoms with E-state index in [1.807, 2.05) is 0 Å². The van der Waals surface area contributed by atoms with Crippen LogP contribution in [0.15, 0.2) is 0 Å². The van der Waals surface area contributed by atoms with Gasteiger partial charge in [0.1, 0.15) is 0 Å². The van der Waals surface area contributed by atoms with Gasteiger partial charge in [0.2, 0.25) is 0 Å². The Balaban J connectivity index is 1.83. The summed E-state index contributed by atoms with van der Waals surface area (Å²) in [5.41, 5.74) is 0. The van der Waals surface area contributed by atoms with E-state index in [0.717, 1.165) is 6.04 Å². The second kappa shape index (κ2) is 2.89. The van der Waals surface area contributed by atoms with Crippen molar-refractivity contribution < 1.29 is 0 Å². The van der Waals surface area contributed by atoms with E-state index in [0.29, 0.717) is 0 Å². The van der Waals surface area contributed by atoms with Crippen LogP contribution in [0.3, 0.4) is 0 Å². The van der Waals surface area contributed by atoms with Gasteiger partial charge in [-0.3, -0.25) is 4.90 Å². The minimum Gasteiger partial charge on any atom is -0.315 e. The molecule has 1 atom stereocenters. The Morgan fingerprint density at radius 3 is 2.90 bits per heavy atom. The van der Waals surface area contributed by atoms with Crippen LogP contribution in [-0.2, 0) is 0 Å². The highest BCUT2D eigenvalue weighted by atomic mass is 15.2. The van der Waals surface area contributed by atoms with E-state index >= 15 is 0 Å². The number of rotatable bonds is 0. The van der Waals surface area contributed by atoms with Gasteiger partial charge in [0.15, 0.2) is 0 Å². The summed E-state index contributed by atoms with van der Waals surface area (Å²) in [5.74, 6) is 0. The third-order valence-corrected chi connectivity index (χ3v) is 2.73. The monoisotopic (exact) mass is 140 g/mol. The first kappa shape index (κ1) is 6.62. The average Bonchev–Trinajstić information content (AvgIpc) is 1.89. The van der Waals surface area contributed by atoms with E-state index in [-0.39, 0.29) is 0 Å². The molecule has 0 spiro atoms. The minimum absolute atomic E-state index is 0.960.